The second-order valence-electron chi connectivity index (χ2n) is 8.91. The summed E-state index contributed by atoms with van der Waals surface area (Å²) in [5, 5.41) is 7.04. The Morgan fingerprint density at radius 1 is 1.03 bits per heavy atom. The number of carbonyl (C=O) groups excluding carboxylic acids is 2. The summed E-state index contributed by atoms with van der Waals surface area (Å²) < 4.78 is 17.6. The van der Waals surface area contributed by atoms with E-state index in [9.17, 15) is 9.59 Å². The van der Waals surface area contributed by atoms with Gasteiger partial charge in [0.2, 0.25) is 0 Å². The maximum Gasteiger partial charge on any atom is 0.419 e. The van der Waals surface area contributed by atoms with E-state index in [0.717, 1.165) is 28.5 Å². The SMILES string of the molecule is COc1ccc2c(c1)c(CNCCCNC(=O)OCc1ccccc1)cn2C(=O)OC(C)(C)C. The van der Waals surface area contributed by atoms with Crippen molar-refractivity contribution >= 4 is 23.1 Å². The molecular formula is C26H33N3O5. The first-order chi connectivity index (χ1) is 16.3. The van der Waals surface area contributed by atoms with Crippen LogP contribution >= 0.6 is 0 Å². The lowest BCUT2D eigenvalue weighted by molar-refractivity contribution is 0.0544. The maximum atomic E-state index is 12.7. The minimum Gasteiger partial charge on any atom is -0.497 e. The molecule has 3 rings (SSSR count). The van der Waals surface area contributed by atoms with Gasteiger partial charge < -0.3 is 24.8 Å². The number of benzene rings is 2. The van der Waals surface area contributed by atoms with Crippen molar-refractivity contribution in [3.05, 3.63) is 65.9 Å². The lowest BCUT2D eigenvalue weighted by Gasteiger charge is -2.19. The fraction of sp³-hybridized carbons (Fsp3) is 0.385. The second-order valence-corrected chi connectivity index (χ2v) is 8.91. The average Bonchev–Trinajstić information content (AvgIpc) is 3.17. The lowest BCUT2D eigenvalue weighted by Crippen LogP contribution is -2.27. The minimum atomic E-state index is -0.589. The minimum absolute atomic E-state index is 0.246. The van der Waals surface area contributed by atoms with Gasteiger partial charge in [-0.1, -0.05) is 30.3 Å². The number of carbonyl (C=O) groups is 2. The average molecular weight is 468 g/mol. The number of ether oxygens (including phenoxy) is 3. The number of amides is 1. The molecule has 0 saturated heterocycles. The van der Waals surface area contributed by atoms with E-state index in [1.807, 2.05) is 69.3 Å². The number of fused-ring (bicyclic) bond motifs is 1. The van der Waals surface area contributed by atoms with E-state index in [4.69, 9.17) is 14.2 Å². The molecule has 3 aromatic rings. The highest BCUT2D eigenvalue weighted by molar-refractivity contribution is 5.92. The fourth-order valence-electron chi connectivity index (χ4n) is 3.41. The molecule has 0 radical (unpaired) electrons. The third kappa shape index (κ3) is 7.25. The molecule has 0 bridgehead atoms. The van der Waals surface area contributed by atoms with Crippen molar-refractivity contribution < 1.29 is 23.8 Å². The van der Waals surface area contributed by atoms with Gasteiger partial charge in [-0.05, 0) is 63.1 Å². The summed E-state index contributed by atoms with van der Waals surface area (Å²) >= 11 is 0. The zero-order valence-electron chi connectivity index (χ0n) is 20.2. The van der Waals surface area contributed by atoms with Gasteiger partial charge in [-0.15, -0.1) is 0 Å². The van der Waals surface area contributed by atoms with Crippen LogP contribution in [-0.2, 0) is 22.6 Å². The predicted octanol–water partition coefficient (Wildman–Crippen LogP) is 4.84. The zero-order chi connectivity index (χ0) is 24.6. The number of hydrogen-bond donors (Lipinski definition) is 2. The largest absolute Gasteiger partial charge is 0.497 e. The van der Waals surface area contributed by atoms with Gasteiger partial charge in [0.15, 0.2) is 0 Å². The summed E-state index contributed by atoms with van der Waals surface area (Å²) in [7, 11) is 1.61. The van der Waals surface area contributed by atoms with Gasteiger partial charge in [0, 0.05) is 24.7 Å². The Morgan fingerprint density at radius 2 is 1.79 bits per heavy atom. The van der Waals surface area contributed by atoms with Crippen LogP contribution in [0.3, 0.4) is 0 Å². The molecule has 0 fully saturated rings. The van der Waals surface area contributed by atoms with Crippen molar-refractivity contribution in [1.29, 1.82) is 0 Å². The Morgan fingerprint density at radius 3 is 2.50 bits per heavy atom. The summed E-state index contributed by atoms with van der Waals surface area (Å²) in [4.78, 5) is 24.5. The summed E-state index contributed by atoms with van der Waals surface area (Å²) in [5.41, 5.74) is 2.07. The van der Waals surface area contributed by atoms with Crippen LogP contribution in [0.2, 0.25) is 0 Å². The Balaban J connectivity index is 1.50. The molecule has 8 nitrogen and oxygen atoms in total. The molecule has 182 valence electrons. The summed E-state index contributed by atoms with van der Waals surface area (Å²) in [6.07, 6.45) is 1.67. The first kappa shape index (κ1) is 25.1. The van der Waals surface area contributed by atoms with Crippen molar-refractivity contribution in [3.63, 3.8) is 0 Å². The van der Waals surface area contributed by atoms with Gasteiger partial charge in [0.05, 0.1) is 12.6 Å². The van der Waals surface area contributed by atoms with Gasteiger partial charge in [0.1, 0.15) is 18.0 Å². The van der Waals surface area contributed by atoms with E-state index in [-0.39, 0.29) is 6.61 Å². The molecule has 0 aliphatic heterocycles. The third-order valence-corrected chi connectivity index (χ3v) is 5.01. The van der Waals surface area contributed by atoms with E-state index < -0.39 is 17.8 Å². The van der Waals surface area contributed by atoms with Gasteiger partial charge in [0.25, 0.3) is 0 Å². The zero-order valence-corrected chi connectivity index (χ0v) is 20.2. The first-order valence-corrected chi connectivity index (χ1v) is 11.3. The van der Waals surface area contributed by atoms with E-state index in [1.165, 1.54) is 4.57 Å². The van der Waals surface area contributed by atoms with Crippen LogP contribution in [-0.4, -0.2) is 42.6 Å². The number of alkyl carbamates (subject to hydrolysis) is 1. The van der Waals surface area contributed by atoms with Gasteiger partial charge in [-0.25, -0.2) is 9.59 Å². The number of aromatic nitrogens is 1. The fourth-order valence-corrected chi connectivity index (χ4v) is 3.41. The third-order valence-electron chi connectivity index (χ3n) is 5.01. The second kappa shape index (κ2) is 11.6. The highest BCUT2D eigenvalue weighted by atomic mass is 16.6. The topological polar surface area (TPSA) is 90.8 Å². The van der Waals surface area contributed by atoms with Gasteiger partial charge >= 0.3 is 12.2 Å². The van der Waals surface area contributed by atoms with Crippen molar-refractivity contribution in [2.75, 3.05) is 20.2 Å². The summed E-state index contributed by atoms with van der Waals surface area (Å²) in [5.74, 6) is 0.717. The van der Waals surface area contributed by atoms with Gasteiger partial charge in [-0.3, -0.25) is 4.57 Å². The highest BCUT2D eigenvalue weighted by Gasteiger charge is 2.21. The molecule has 1 heterocycles. The molecule has 0 saturated carbocycles. The highest BCUT2D eigenvalue weighted by Crippen LogP contribution is 2.27. The Labute approximate surface area is 200 Å². The van der Waals surface area contributed by atoms with E-state index in [1.54, 1.807) is 13.3 Å². The molecule has 1 amide bonds. The van der Waals surface area contributed by atoms with Crippen LogP contribution in [0.4, 0.5) is 9.59 Å². The monoisotopic (exact) mass is 467 g/mol. The number of nitrogens with one attached hydrogen (secondary N) is 2. The molecule has 1 aromatic heterocycles. The molecule has 0 unspecified atom stereocenters. The van der Waals surface area contributed by atoms with Crippen molar-refractivity contribution in [2.24, 2.45) is 0 Å². The van der Waals surface area contributed by atoms with Crippen LogP contribution in [0.5, 0.6) is 5.75 Å². The Kier molecular flexibility index (Phi) is 8.54. The van der Waals surface area contributed by atoms with E-state index >= 15 is 0 Å². The smallest absolute Gasteiger partial charge is 0.419 e. The summed E-state index contributed by atoms with van der Waals surface area (Å²) in [6.45, 7) is 7.50. The Hall–Kier alpha value is -3.52. The number of methoxy groups -OCH3 is 1. The maximum absolute atomic E-state index is 12.7. The standard InChI is InChI=1S/C26H33N3O5/c1-26(2,3)34-25(31)29-17-20(22-15-21(32-4)11-12-23(22)29)16-27-13-8-14-28-24(30)33-18-19-9-6-5-7-10-19/h5-7,9-12,15,17,27H,8,13-14,16,18H2,1-4H3,(H,28,30). The van der Waals surface area contributed by atoms with Crippen LogP contribution < -0.4 is 15.4 Å². The molecular weight excluding hydrogens is 434 g/mol. The van der Waals surface area contributed by atoms with E-state index in [0.29, 0.717) is 25.4 Å². The molecule has 8 heteroatoms. The number of hydrogen-bond acceptors (Lipinski definition) is 6. The van der Waals surface area contributed by atoms with Crippen LogP contribution in [0.15, 0.2) is 54.7 Å². The van der Waals surface area contributed by atoms with Crippen molar-refractivity contribution in [1.82, 2.24) is 15.2 Å². The van der Waals surface area contributed by atoms with Crippen LogP contribution in [0.1, 0.15) is 38.3 Å². The molecule has 2 N–H and O–H groups in total. The molecule has 0 aliphatic rings. The normalized spacial score (nSPS) is 11.3. The molecule has 0 aliphatic carbocycles. The van der Waals surface area contributed by atoms with Crippen LogP contribution in [0, 0.1) is 0 Å². The van der Waals surface area contributed by atoms with Crippen molar-refractivity contribution in [2.45, 2.75) is 45.9 Å². The summed E-state index contributed by atoms with van der Waals surface area (Å²) in [6, 6.07) is 15.1. The predicted molar refractivity (Wildman–Crippen MR) is 131 cm³/mol. The molecule has 0 atom stereocenters. The van der Waals surface area contributed by atoms with Crippen LogP contribution in [0.25, 0.3) is 10.9 Å². The molecule has 34 heavy (non-hydrogen) atoms. The van der Waals surface area contributed by atoms with Gasteiger partial charge in [-0.2, -0.15) is 0 Å². The molecule has 2 aromatic carbocycles. The Bertz CT molecular complexity index is 1100. The van der Waals surface area contributed by atoms with E-state index in [2.05, 4.69) is 10.6 Å². The van der Waals surface area contributed by atoms with Crippen molar-refractivity contribution in [3.8, 4) is 5.75 Å². The first-order valence-electron chi connectivity index (χ1n) is 11.3. The number of rotatable bonds is 9. The molecule has 0 spiro atoms. The number of nitrogens with zero attached hydrogens (tertiary/aromatic N) is 1. The quantitative estimate of drug-likeness (QED) is 0.438. The lowest BCUT2D eigenvalue weighted by atomic mass is 10.1.